The maximum Gasteiger partial charge on any atom is 0.148 e. The van der Waals surface area contributed by atoms with Crippen LogP contribution in [0, 0.1) is 12.9 Å². The molecule has 2 aromatic heterocycles. The second-order valence-electron chi connectivity index (χ2n) is 17.8. The molecule has 8 rings (SSSR count). The number of benzene rings is 6. The topological polar surface area (TPSA) is 50.9 Å². The fourth-order valence-electron chi connectivity index (χ4n) is 7.91. The van der Waals surface area contributed by atoms with Gasteiger partial charge in [-0.25, -0.2) is 4.98 Å². The van der Waals surface area contributed by atoms with Crippen LogP contribution in [-0.4, -0.2) is 19.6 Å². The van der Waals surface area contributed by atoms with Crippen molar-refractivity contribution in [3.63, 3.8) is 0 Å². The van der Waals surface area contributed by atoms with E-state index in [1.54, 1.807) is 18.3 Å². The second-order valence-corrected chi connectivity index (χ2v) is 17.8. The molecule has 0 fully saturated rings. The Morgan fingerprint density at radius 1 is 0.672 bits per heavy atom. The van der Waals surface area contributed by atoms with Crippen LogP contribution in [0.3, 0.4) is 0 Å². The predicted octanol–water partition coefficient (Wildman–Crippen LogP) is 15.2. The number of phenols is 1. The maximum absolute atomic E-state index is 12.2. The van der Waals surface area contributed by atoms with Crippen LogP contribution in [0.2, 0.25) is 0 Å². The molecule has 0 saturated carbocycles. The average Bonchev–Trinajstić information content (AvgIpc) is 3.65. The van der Waals surface area contributed by atoms with Crippen molar-refractivity contribution in [1.29, 1.82) is 0 Å². The molecule has 0 amide bonds. The fraction of sp³-hybridized carbons (Fsp3) is 0.250. The summed E-state index contributed by atoms with van der Waals surface area (Å²) >= 11 is 0. The summed E-state index contributed by atoms with van der Waals surface area (Å²) in [5.74, 6) is 0.180. The van der Waals surface area contributed by atoms with E-state index in [1.807, 2.05) is 56.3 Å². The van der Waals surface area contributed by atoms with E-state index < -0.39 is 12.7 Å². The maximum atomic E-state index is 12.2. The zero-order valence-corrected chi connectivity index (χ0v) is 38.7. The molecule has 0 radical (unpaired) electrons. The molecule has 8 aromatic rings. The van der Waals surface area contributed by atoms with E-state index in [2.05, 4.69) is 132 Å². The van der Waals surface area contributed by atoms with Gasteiger partial charge in [0.1, 0.15) is 11.6 Å². The van der Waals surface area contributed by atoms with Gasteiger partial charge in [-0.2, -0.15) is 0 Å². The number of aromatic hydroxyl groups is 1. The van der Waals surface area contributed by atoms with Crippen molar-refractivity contribution < 1.29 is 31.7 Å². The number of fused-ring (bicyclic) bond motifs is 1. The van der Waals surface area contributed by atoms with E-state index >= 15 is 0 Å². The molecule has 0 unspecified atom stereocenters. The van der Waals surface area contributed by atoms with E-state index in [9.17, 15) is 6.48 Å². The molecule has 4 nitrogen and oxygen atoms in total. The van der Waals surface area contributed by atoms with E-state index in [4.69, 9.17) is 14.1 Å². The number of imidazole rings is 1. The second kappa shape index (κ2) is 17.4. The van der Waals surface area contributed by atoms with Crippen LogP contribution in [0.5, 0.6) is 5.75 Å². The molecule has 0 bridgehead atoms. The zero-order valence-electron chi connectivity index (χ0n) is 40.5. The standard InChI is InChI=1S/C56H56N3O.Pt/c1-34(2)41-25-43(38-15-12-11-13-16-38)30-47(29-41)59-52-18-14-17-48(53(52)58-55(59)50-32-42(35(3)4)31-49(36(5)6)54(50)60)44-26-45(28-46(27-44)56(8,9)10)51-33-40(23-24-57-51)39-21-19-37(7)20-22-39;/h11-25,27-36,60H,1-10H3;/q-1;/i7D3,34D;. The van der Waals surface area contributed by atoms with Crippen molar-refractivity contribution in [2.45, 2.75) is 92.3 Å². The van der Waals surface area contributed by atoms with Gasteiger partial charge >= 0.3 is 0 Å². The Morgan fingerprint density at radius 3 is 2.07 bits per heavy atom. The monoisotopic (exact) mass is 985 g/mol. The molecule has 0 aliphatic carbocycles. The van der Waals surface area contributed by atoms with Crippen molar-refractivity contribution in [1.82, 2.24) is 14.5 Å². The summed E-state index contributed by atoms with van der Waals surface area (Å²) in [7, 11) is 0. The van der Waals surface area contributed by atoms with Crippen molar-refractivity contribution in [3.8, 4) is 67.5 Å². The van der Waals surface area contributed by atoms with Crippen molar-refractivity contribution in [2.75, 3.05) is 0 Å². The first kappa shape index (κ1) is 38.4. The van der Waals surface area contributed by atoms with Crippen LogP contribution in [0.1, 0.15) is 113 Å². The van der Waals surface area contributed by atoms with Gasteiger partial charge < -0.3 is 5.11 Å². The normalized spacial score (nSPS) is 13.2. The molecular formula is C56H56N3OPt-. The number of phenolic OH excluding ortho intramolecular Hbond substituents is 1. The molecule has 5 heteroatoms. The van der Waals surface area contributed by atoms with Crippen LogP contribution in [0.15, 0.2) is 134 Å². The summed E-state index contributed by atoms with van der Waals surface area (Å²) in [6.07, 6.45) is 1.79. The van der Waals surface area contributed by atoms with Gasteiger partial charge in [0, 0.05) is 44.1 Å². The van der Waals surface area contributed by atoms with Gasteiger partial charge in [-0.1, -0.05) is 164 Å². The minimum Gasteiger partial charge on any atom is -0.507 e. The summed E-state index contributed by atoms with van der Waals surface area (Å²) in [4.78, 5) is 10.4. The third kappa shape index (κ3) is 8.79. The summed E-state index contributed by atoms with van der Waals surface area (Å²) < 4.78 is 34.9. The van der Waals surface area contributed by atoms with Gasteiger partial charge in [-0.3, -0.25) is 9.55 Å². The molecule has 6 aromatic carbocycles. The van der Waals surface area contributed by atoms with E-state index in [-0.39, 0.29) is 44.1 Å². The Morgan fingerprint density at radius 2 is 1.39 bits per heavy atom. The third-order valence-corrected chi connectivity index (χ3v) is 11.5. The average molecular weight is 986 g/mol. The minimum absolute atomic E-state index is 0. The molecule has 0 spiro atoms. The van der Waals surface area contributed by atoms with Gasteiger partial charge in [0.15, 0.2) is 0 Å². The smallest absolute Gasteiger partial charge is 0.148 e. The van der Waals surface area contributed by atoms with E-state index in [0.29, 0.717) is 17.0 Å². The largest absolute Gasteiger partial charge is 0.507 e. The summed E-state index contributed by atoms with van der Waals surface area (Å²) in [6, 6.07) is 46.1. The number of pyridine rings is 1. The number of aryl methyl sites for hydroxylation is 1. The predicted molar refractivity (Wildman–Crippen MR) is 252 cm³/mol. The molecule has 2 heterocycles. The first-order chi connectivity index (χ1) is 30.2. The molecule has 0 aliphatic rings. The Labute approximate surface area is 382 Å². The Bertz CT molecular complexity index is 3010. The van der Waals surface area contributed by atoms with Gasteiger partial charge in [0.25, 0.3) is 0 Å². The van der Waals surface area contributed by atoms with Crippen LogP contribution >= 0.6 is 0 Å². The van der Waals surface area contributed by atoms with Crippen LogP contribution in [-0.2, 0) is 26.5 Å². The number of nitrogens with zero attached hydrogens (tertiary/aromatic N) is 3. The SMILES string of the molecule is [2H]C([2H])([2H])c1ccc(-c2ccnc(-c3[c-]c(-c4cccc5c4nc(-c4cc(C(C)C)cc(C(C)C)c4O)n5-c4cc(-c5ccccc5)cc(C([2H])(C)C)c4)cc(C(C)(C)C)c3)c2)cc1.[Pt]. The van der Waals surface area contributed by atoms with Gasteiger partial charge in [-0.05, 0) is 99.3 Å². The quantitative estimate of drug-likeness (QED) is 0.147. The van der Waals surface area contributed by atoms with E-state index in [0.717, 1.165) is 83.6 Å². The molecule has 1 N–H and O–H groups in total. The number of aromatic nitrogens is 3. The number of hydrogen-bond acceptors (Lipinski definition) is 3. The molecule has 0 saturated heterocycles. The Hall–Kier alpha value is -5.57. The first-order valence-electron chi connectivity index (χ1n) is 22.9. The molecule has 0 atom stereocenters. The van der Waals surface area contributed by atoms with Crippen molar-refractivity contribution in [3.05, 3.63) is 167 Å². The van der Waals surface area contributed by atoms with Crippen LogP contribution in [0.25, 0.3) is 72.7 Å². The summed E-state index contributed by atoms with van der Waals surface area (Å²) in [5.41, 5.74) is 14.2. The molecular weight excluding hydrogens is 926 g/mol. The van der Waals surface area contributed by atoms with Gasteiger partial charge in [0.05, 0.1) is 16.6 Å². The van der Waals surface area contributed by atoms with E-state index in [1.165, 1.54) is 0 Å². The van der Waals surface area contributed by atoms with Gasteiger partial charge in [0.2, 0.25) is 0 Å². The zero-order chi connectivity index (χ0) is 45.9. The first-order valence-corrected chi connectivity index (χ1v) is 20.9. The van der Waals surface area contributed by atoms with Crippen molar-refractivity contribution >= 4 is 11.0 Å². The Balaban J connectivity index is 0.00000630. The summed E-state index contributed by atoms with van der Waals surface area (Å²) in [5, 5.41) is 12.2. The van der Waals surface area contributed by atoms with Crippen molar-refractivity contribution in [2.24, 2.45) is 0 Å². The number of hydrogen-bond donors (Lipinski definition) is 1. The number of para-hydroxylation sites is 1. The summed E-state index contributed by atoms with van der Waals surface area (Å²) in [6.45, 7) is 16.8. The van der Waals surface area contributed by atoms with Crippen LogP contribution in [0.4, 0.5) is 0 Å². The van der Waals surface area contributed by atoms with Crippen LogP contribution < -0.4 is 0 Å². The number of rotatable bonds is 9. The van der Waals surface area contributed by atoms with Gasteiger partial charge in [-0.15, -0.1) is 29.3 Å². The molecule has 61 heavy (non-hydrogen) atoms. The fourth-order valence-corrected chi connectivity index (χ4v) is 7.91. The molecule has 312 valence electrons. The third-order valence-electron chi connectivity index (χ3n) is 11.5. The Kier molecular flexibility index (Phi) is 11.0. The molecule has 0 aliphatic heterocycles. The minimum atomic E-state index is -2.18.